The molecular formula is C14H24N4O3. The van der Waals surface area contributed by atoms with E-state index in [-0.39, 0.29) is 11.8 Å². The van der Waals surface area contributed by atoms with E-state index < -0.39 is 17.6 Å². The third-order valence-corrected chi connectivity index (χ3v) is 4.35. The van der Waals surface area contributed by atoms with Crippen LogP contribution in [0.4, 0.5) is 4.79 Å². The molecule has 2 rings (SSSR count). The maximum Gasteiger partial charge on any atom is 0.325 e. The Bertz CT molecular complexity index is 432. The van der Waals surface area contributed by atoms with Gasteiger partial charge in [-0.15, -0.1) is 0 Å². The number of hydrogen-bond acceptors (Lipinski definition) is 4. The molecule has 0 aromatic rings. The highest BCUT2D eigenvalue weighted by molar-refractivity contribution is 6.09. The average molecular weight is 296 g/mol. The molecule has 21 heavy (non-hydrogen) atoms. The molecule has 0 bridgehead atoms. The summed E-state index contributed by atoms with van der Waals surface area (Å²) in [5, 5.41) is 5.53. The largest absolute Gasteiger partial charge is 0.354 e. The van der Waals surface area contributed by atoms with Gasteiger partial charge in [-0.25, -0.2) is 9.69 Å². The number of rotatable bonds is 6. The van der Waals surface area contributed by atoms with Crippen LogP contribution < -0.4 is 16.4 Å². The van der Waals surface area contributed by atoms with Crippen LogP contribution in [-0.4, -0.2) is 47.4 Å². The maximum atomic E-state index is 12.5. The topological polar surface area (TPSA) is 105 Å². The van der Waals surface area contributed by atoms with Gasteiger partial charge < -0.3 is 16.4 Å². The first-order valence-corrected chi connectivity index (χ1v) is 7.65. The highest BCUT2D eigenvalue weighted by atomic mass is 16.2. The lowest BCUT2D eigenvalue weighted by Crippen LogP contribution is -2.50. The summed E-state index contributed by atoms with van der Waals surface area (Å²) in [6.45, 7) is 2.68. The normalized spacial score (nSPS) is 21.7. The molecule has 1 saturated heterocycles. The van der Waals surface area contributed by atoms with Crippen LogP contribution in [0.1, 0.15) is 45.4 Å². The van der Waals surface area contributed by atoms with Crippen LogP contribution in [0.25, 0.3) is 0 Å². The van der Waals surface area contributed by atoms with E-state index in [4.69, 9.17) is 5.73 Å². The Morgan fingerprint density at radius 1 is 1.38 bits per heavy atom. The molecule has 118 valence electrons. The molecule has 4 N–H and O–H groups in total. The van der Waals surface area contributed by atoms with E-state index in [1.165, 1.54) is 0 Å². The summed E-state index contributed by atoms with van der Waals surface area (Å²) < 4.78 is 0. The number of nitrogens with zero attached hydrogens (tertiary/aromatic N) is 1. The summed E-state index contributed by atoms with van der Waals surface area (Å²) in [5.41, 5.74) is 4.63. The first kappa shape index (κ1) is 15.8. The minimum atomic E-state index is -0.782. The lowest BCUT2D eigenvalue weighted by molar-refractivity contribution is -0.137. The molecule has 1 aliphatic carbocycles. The average Bonchev–Trinajstić information content (AvgIpc) is 3.01. The van der Waals surface area contributed by atoms with Crippen LogP contribution >= 0.6 is 0 Å². The Morgan fingerprint density at radius 2 is 2.05 bits per heavy atom. The second-order valence-electron chi connectivity index (χ2n) is 5.86. The number of carbonyl (C=O) groups is 3. The zero-order valence-electron chi connectivity index (χ0n) is 12.5. The summed E-state index contributed by atoms with van der Waals surface area (Å²) in [6, 6.07) is -1.23. The Morgan fingerprint density at radius 3 is 2.67 bits per heavy atom. The van der Waals surface area contributed by atoms with Gasteiger partial charge >= 0.3 is 6.03 Å². The number of amides is 4. The molecule has 7 heteroatoms. The van der Waals surface area contributed by atoms with Gasteiger partial charge in [0.15, 0.2) is 0 Å². The molecule has 0 radical (unpaired) electrons. The minimum absolute atomic E-state index is 0.255. The van der Waals surface area contributed by atoms with E-state index in [2.05, 4.69) is 10.6 Å². The van der Waals surface area contributed by atoms with Crippen LogP contribution in [0.3, 0.4) is 0 Å². The van der Waals surface area contributed by atoms with E-state index in [9.17, 15) is 14.4 Å². The van der Waals surface area contributed by atoms with Gasteiger partial charge in [-0.2, -0.15) is 0 Å². The SMILES string of the molecule is CC(C(=O)NCCCCN)N1C(=O)NC2(CCCC2)C1=O. The zero-order valence-corrected chi connectivity index (χ0v) is 12.5. The maximum absolute atomic E-state index is 12.5. The van der Waals surface area contributed by atoms with Crippen molar-refractivity contribution in [2.75, 3.05) is 13.1 Å². The minimum Gasteiger partial charge on any atom is -0.354 e. The lowest BCUT2D eigenvalue weighted by atomic mass is 9.97. The first-order valence-electron chi connectivity index (χ1n) is 7.65. The molecular weight excluding hydrogens is 272 g/mol. The van der Waals surface area contributed by atoms with Crippen LogP contribution in [0, 0.1) is 0 Å². The fourth-order valence-corrected chi connectivity index (χ4v) is 3.06. The van der Waals surface area contributed by atoms with Crippen molar-refractivity contribution >= 4 is 17.8 Å². The Balaban J connectivity index is 1.95. The van der Waals surface area contributed by atoms with Crippen LogP contribution in [0.15, 0.2) is 0 Å². The van der Waals surface area contributed by atoms with Gasteiger partial charge in [0.2, 0.25) is 5.91 Å². The van der Waals surface area contributed by atoms with E-state index >= 15 is 0 Å². The van der Waals surface area contributed by atoms with E-state index in [0.29, 0.717) is 25.9 Å². The number of urea groups is 1. The van der Waals surface area contributed by atoms with E-state index in [1.807, 2.05) is 0 Å². The molecule has 1 atom stereocenters. The summed E-state index contributed by atoms with van der Waals surface area (Å²) in [5.74, 6) is -0.555. The van der Waals surface area contributed by atoms with Gasteiger partial charge in [0.05, 0.1) is 0 Å². The van der Waals surface area contributed by atoms with Crippen molar-refractivity contribution in [2.24, 2.45) is 5.73 Å². The van der Waals surface area contributed by atoms with Crippen molar-refractivity contribution in [1.29, 1.82) is 0 Å². The van der Waals surface area contributed by atoms with E-state index in [0.717, 1.165) is 30.6 Å². The Hall–Kier alpha value is -1.63. The van der Waals surface area contributed by atoms with Gasteiger partial charge in [0, 0.05) is 6.54 Å². The Kier molecular flexibility index (Phi) is 4.82. The number of carbonyl (C=O) groups excluding carboxylic acids is 3. The first-order chi connectivity index (χ1) is 10.0. The fraction of sp³-hybridized carbons (Fsp3) is 0.786. The fourth-order valence-electron chi connectivity index (χ4n) is 3.06. The van der Waals surface area contributed by atoms with Crippen molar-refractivity contribution < 1.29 is 14.4 Å². The standard InChI is InChI=1S/C14H24N4O3/c1-10(11(19)16-9-5-4-8-15)18-12(20)14(17-13(18)21)6-2-3-7-14/h10H,2-9,15H2,1H3,(H,16,19)(H,17,21). The molecule has 7 nitrogen and oxygen atoms in total. The highest BCUT2D eigenvalue weighted by Gasteiger charge is 2.54. The lowest BCUT2D eigenvalue weighted by Gasteiger charge is -2.23. The van der Waals surface area contributed by atoms with Crippen molar-refractivity contribution in [1.82, 2.24) is 15.5 Å². The number of nitrogens with one attached hydrogen (secondary N) is 2. The predicted octanol–water partition coefficient (Wildman–Crippen LogP) is 0.0946. The molecule has 2 fully saturated rings. The van der Waals surface area contributed by atoms with Gasteiger partial charge in [-0.1, -0.05) is 12.8 Å². The molecule has 1 saturated carbocycles. The molecule has 1 unspecified atom stereocenters. The Labute approximate surface area is 124 Å². The van der Waals surface area contributed by atoms with Gasteiger partial charge in [-0.3, -0.25) is 9.59 Å². The van der Waals surface area contributed by atoms with Crippen LogP contribution in [0.2, 0.25) is 0 Å². The third kappa shape index (κ3) is 3.02. The molecule has 1 heterocycles. The molecule has 0 aromatic carbocycles. The van der Waals surface area contributed by atoms with Gasteiger partial charge in [0.25, 0.3) is 5.91 Å². The highest BCUT2D eigenvalue weighted by Crippen LogP contribution is 2.35. The van der Waals surface area contributed by atoms with Crippen molar-refractivity contribution in [3.8, 4) is 0 Å². The third-order valence-electron chi connectivity index (χ3n) is 4.35. The van der Waals surface area contributed by atoms with Gasteiger partial charge in [0.1, 0.15) is 11.6 Å². The number of hydrogen-bond donors (Lipinski definition) is 3. The molecule has 4 amide bonds. The van der Waals surface area contributed by atoms with Gasteiger partial charge in [-0.05, 0) is 39.2 Å². The number of imide groups is 1. The summed E-state index contributed by atoms with van der Waals surface area (Å²) >= 11 is 0. The molecule has 0 aromatic heterocycles. The summed E-state index contributed by atoms with van der Waals surface area (Å²) in [4.78, 5) is 37.7. The summed E-state index contributed by atoms with van der Waals surface area (Å²) in [6.07, 6.45) is 4.82. The van der Waals surface area contributed by atoms with Crippen molar-refractivity contribution in [3.63, 3.8) is 0 Å². The van der Waals surface area contributed by atoms with E-state index in [1.54, 1.807) is 6.92 Å². The predicted molar refractivity (Wildman–Crippen MR) is 77.3 cm³/mol. The smallest absolute Gasteiger partial charge is 0.325 e. The second-order valence-corrected chi connectivity index (χ2v) is 5.86. The van der Waals surface area contributed by atoms with Crippen molar-refractivity contribution in [3.05, 3.63) is 0 Å². The van der Waals surface area contributed by atoms with Crippen molar-refractivity contribution in [2.45, 2.75) is 57.0 Å². The molecule has 1 spiro atoms. The quantitative estimate of drug-likeness (QED) is 0.477. The number of unbranched alkanes of at least 4 members (excludes halogenated alkanes) is 1. The number of nitrogens with two attached hydrogens (primary N) is 1. The molecule has 2 aliphatic rings. The van der Waals surface area contributed by atoms with Crippen LogP contribution in [-0.2, 0) is 9.59 Å². The summed E-state index contributed by atoms with van der Waals surface area (Å²) in [7, 11) is 0. The zero-order chi connectivity index (χ0) is 15.5. The van der Waals surface area contributed by atoms with Crippen LogP contribution in [0.5, 0.6) is 0 Å². The molecule has 1 aliphatic heterocycles. The second kappa shape index (κ2) is 6.43. The monoisotopic (exact) mass is 296 g/mol.